The van der Waals surface area contributed by atoms with Crippen molar-refractivity contribution in [1.29, 1.82) is 0 Å². The Kier molecular flexibility index (Phi) is 3.53. The lowest BCUT2D eigenvalue weighted by Gasteiger charge is -2.77. The van der Waals surface area contributed by atoms with Gasteiger partial charge in [0, 0.05) is 61.8 Å². The minimum atomic E-state index is -0.926. The molecule has 0 aromatic heterocycles. The molecule has 2 aromatic carbocycles. The zero-order valence-corrected chi connectivity index (χ0v) is 26.3. The molecule has 11 aliphatic rings. The highest BCUT2D eigenvalue weighted by Gasteiger charge is 2.96. The van der Waals surface area contributed by atoms with Gasteiger partial charge in [-0.1, -0.05) is 59.7 Å². The summed E-state index contributed by atoms with van der Waals surface area (Å²) in [6.45, 7) is 7.65. The molecule has 0 amide bonds. The number of anilines is 2. The molecule has 4 saturated heterocycles. The van der Waals surface area contributed by atoms with Crippen molar-refractivity contribution in [2.24, 2.45) is 11.8 Å². The van der Waals surface area contributed by atoms with Gasteiger partial charge in [-0.05, 0) is 73.9 Å². The van der Waals surface area contributed by atoms with Crippen LogP contribution < -0.4 is 9.80 Å². The molecule has 46 heavy (non-hydrogen) atoms. The lowest BCUT2D eigenvalue weighted by molar-refractivity contribution is -0.172. The van der Waals surface area contributed by atoms with Crippen LogP contribution in [-0.4, -0.2) is 69.7 Å². The zero-order valence-electron chi connectivity index (χ0n) is 26.3. The van der Waals surface area contributed by atoms with Crippen molar-refractivity contribution in [2.45, 2.75) is 72.5 Å². The average Bonchev–Trinajstić information content (AvgIpc) is 3.78. The van der Waals surface area contributed by atoms with Crippen LogP contribution in [0.3, 0.4) is 0 Å². The van der Waals surface area contributed by atoms with Gasteiger partial charge in [-0.15, -0.1) is 0 Å². The molecule has 228 valence electrons. The number of allylic oxidation sites excluding steroid dienone is 2. The molecule has 3 aliphatic carbocycles. The number of piperidine rings is 2. The minimum Gasteiger partial charge on any atom is -0.329 e. The number of Topliss-reactive ketones (excluding diaryl/α,β-unsaturated/α-hetero) is 2. The number of ketones is 2. The van der Waals surface area contributed by atoms with Gasteiger partial charge in [0.2, 0.25) is 0 Å². The molecule has 0 N–H and O–H groups in total. The van der Waals surface area contributed by atoms with E-state index in [0.717, 1.165) is 63.2 Å². The van der Waals surface area contributed by atoms with E-state index in [9.17, 15) is 0 Å². The van der Waals surface area contributed by atoms with Crippen molar-refractivity contribution in [1.82, 2.24) is 9.80 Å². The van der Waals surface area contributed by atoms with Crippen molar-refractivity contribution in [3.8, 4) is 0 Å². The first-order valence-corrected chi connectivity index (χ1v) is 17.6. The molecule has 13 rings (SSSR count). The minimum absolute atomic E-state index is 0.0570. The van der Waals surface area contributed by atoms with E-state index >= 15 is 9.59 Å². The van der Waals surface area contributed by atoms with E-state index in [0.29, 0.717) is 11.6 Å². The maximum atomic E-state index is 17.1. The van der Waals surface area contributed by atoms with Gasteiger partial charge in [0.1, 0.15) is 11.1 Å². The molecule has 8 unspecified atom stereocenters. The fourth-order valence-electron chi connectivity index (χ4n) is 15.2. The Balaban J connectivity index is 1.35. The summed E-state index contributed by atoms with van der Waals surface area (Å²) in [7, 11) is 0. The summed E-state index contributed by atoms with van der Waals surface area (Å²) in [5.74, 6) is 0.936. The summed E-state index contributed by atoms with van der Waals surface area (Å²) in [6, 6.07) is 17.7. The number of carbonyl (C=O) groups excluding carboxylic acids is 2. The van der Waals surface area contributed by atoms with Crippen molar-refractivity contribution in [3.05, 3.63) is 107 Å². The van der Waals surface area contributed by atoms with Crippen LogP contribution in [-0.2, 0) is 20.4 Å². The van der Waals surface area contributed by atoms with Crippen LogP contribution in [0.1, 0.15) is 50.7 Å². The van der Waals surface area contributed by atoms with E-state index in [-0.39, 0.29) is 11.8 Å². The van der Waals surface area contributed by atoms with Gasteiger partial charge in [-0.3, -0.25) is 19.4 Å². The molecule has 6 heteroatoms. The maximum Gasteiger partial charge on any atom is 0.195 e. The van der Waals surface area contributed by atoms with E-state index in [1.165, 1.54) is 33.4 Å². The summed E-state index contributed by atoms with van der Waals surface area (Å²) < 4.78 is 0. The number of carbonyl (C=O) groups is 2. The molecule has 0 radical (unpaired) electrons. The molecular weight excluding hydrogens is 568 g/mol. The van der Waals surface area contributed by atoms with Crippen LogP contribution in [0.15, 0.2) is 95.4 Å². The van der Waals surface area contributed by atoms with E-state index < -0.39 is 33.0 Å². The van der Waals surface area contributed by atoms with Crippen LogP contribution in [0, 0.1) is 11.8 Å². The average molecular weight is 605 g/mol. The second-order valence-electron chi connectivity index (χ2n) is 16.1. The highest BCUT2D eigenvalue weighted by atomic mass is 16.2. The molecule has 7 fully saturated rings. The van der Waals surface area contributed by atoms with E-state index in [1.54, 1.807) is 0 Å². The van der Waals surface area contributed by atoms with Crippen LogP contribution in [0.2, 0.25) is 0 Å². The standard InChI is InChI=1S/C40H36N4O2/c1-3-23-19-41-15-13-35-27-9-5-8-12-32(27)44-22-30-26-18-38-33(45)37(35,41)17-25(23)29-21-43-31-11-7-6-10-28(31)36(38,14-16-42(38)20-24(26)4-2)40(30,43)34(46)39(29,35)44/h3-12,21-22,25-26H,13-20H2,1-2H3/b23-3+,24-4+. The Morgan fingerprint density at radius 2 is 1.11 bits per heavy atom. The molecule has 6 nitrogen and oxygen atoms in total. The summed E-state index contributed by atoms with van der Waals surface area (Å²) in [4.78, 5) is 44.3. The third-order valence-electron chi connectivity index (χ3n) is 16.1. The van der Waals surface area contributed by atoms with Gasteiger partial charge in [0.05, 0.1) is 21.9 Å². The Hall–Kier alpha value is -3.74. The van der Waals surface area contributed by atoms with E-state index in [2.05, 4.69) is 107 Å². The normalized spacial score (nSPS) is 48.7. The summed E-state index contributed by atoms with van der Waals surface area (Å²) in [5.41, 5.74) is 5.37. The predicted octanol–water partition coefficient (Wildman–Crippen LogP) is 4.78. The van der Waals surface area contributed by atoms with Gasteiger partial charge in [0.25, 0.3) is 0 Å². The predicted molar refractivity (Wildman–Crippen MR) is 174 cm³/mol. The van der Waals surface area contributed by atoms with Gasteiger partial charge < -0.3 is 9.80 Å². The smallest absolute Gasteiger partial charge is 0.195 e. The number of fused-ring (bicyclic) bond motifs is 8. The third kappa shape index (κ3) is 1.68. The van der Waals surface area contributed by atoms with Gasteiger partial charge >= 0.3 is 0 Å². The monoisotopic (exact) mass is 604 g/mol. The first-order chi connectivity index (χ1) is 22.5. The Morgan fingerprint density at radius 3 is 1.57 bits per heavy atom. The van der Waals surface area contributed by atoms with Crippen LogP contribution in [0.25, 0.3) is 0 Å². The lowest BCUT2D eigenvalue weighted by Crippen LogP contribution is -2.94. The molecule has 6 spiro atoms. The second-order valence-corrected chi connectivity index (χ2v) is 16.1. The third-order valence-corrected chi connectivity index (χ3v) is 16.1. The summed E-state index contributed by atoms with van der Waals surface area (Å²) in [6.07, 6.45) is 12.8. The molecule has 8 heterocycles. The largest absolute Gasteiger partial charge is 0.329 e. The Bertz CT molecular complexity index is 1980. The van der Waals surface area contributed by atoms with Gasteiger partial charge in [-0.2, -0.15) is 0 Å². The number of hydrogen-bond acceptors (Lipinski definition) is 6. The first-order valence-electron chi connectivity index (χ1n) is 17.6. The lowest BCUT2D eigenvalue weighted by atomic mass is 9.31. The number of nitrogens with zero attached hydrogens (tertiary/aromatic N) is 4. The van der Waals surface area contributed by atoms with Crippen LogP contribution >= 0.6 is 0 Å². The number of para-hydroxylation sites is 2. The first kappa shape index (κ1) is 24.4. The zero-order chi connectivity index (χ0) is 30.4. The topological polar surface area (TPSA) is 47.1 Å². The molecule has 6 bridgehead atoms. The van der Waals surface area contributed by atoms with Gasteiger partial charge in [-0.25, -0.2) is 0 Å². The molecular formula is C40H36N4O2. The van der Waals surface area contributed by atoms with Crippen molar-refractivity contribution < 1.29 is 9.59 Å². The van der Waals surface area contributed by atoms with Crippen LogP contribution in [0.4, 0.5) is 11.4 Å². The maximum absolute atomic E-state index is 17.1. The van der Waals surface area contributed by atoms with E-state index in [1.807, 2.05) is 0 Å². The molecule has 2 aromatic rings. The Labute approximate surface area is 268 Å². The SMILES string of the molecule is C/C=C1\CN2CCC34c5ccccc5N5C=C6C7CC89C(=O)C23CC1C1=CN2c3ccccc3C8(CCN9C/C7=C\C)C62C(=O)C154. The number of rotatable bonds is 0. The highest BCUT2D eigenvalue weighted by Crippen LogP contribution is 2.84. The van der Waals surface area contributed by atoms with Gasteiger partial charge in [0.15, 0.2) is 11.6 Å². The summed E-state index contributed by atoms with van der Waals surface area (Å²) >= 11 is 0. The number of benzene rings is 2. The Morgan fingerprint density at radius 1 is 0.652 bits per heavy atom. The molecule has 8 atom stereocenters. The van der Waals surface area contributed by atoms with Crippen molar-refractivity contribution >= 4 is 22.9 Å². The van der Waals surface area contributed by atoms with E-state index in [4.69, 9.17) is 0 Å². The van der Waals surface area contributed by atoms with Crippen LogP contribution in [0.5, 0.6) is 0 Å². The van der Waals surface area contributed by atoms with Crippen molar-refractivity contribution in [2.75, 3.05) is 36.0 Å². The summed E-state index contributed by atoms with van der Waals surface area (Å²) in [5, 5.41) is 0. The van der Waals surface area contributed by atoms with Crippen molar-refractivity contribution in [3.63, 3.8) is 0 Å². The molecule has 3 saturated carbocycles. The highest BCUT2D eigenvalue weighted by molar-refractivity contribution is 6.23. The second kappa shape index (κ2) is 6.65. The number of hydrogen-bond donors (Lipinski definition) is 0. The fraction of sp³-hybridized carbons (Fsp3) is 0.450. The fourth-order valence-corrected chi connectivity index (χ4v) is 15.2. The quantitative estimate of drug-likeness (QED) is 0.404. The molecule has 8 aliphatic heterocycles.